The van der Waals surface area contributed by atoms with Crippen LogP contribution in [0.4, 0.5) is 0 Å². The summed E-state index contributed by atoms with van der Waals surface area (Å²) in [5.74, 6) is 0.935. The molecule has 1 heterocycles. The van der Waals surface area contributed by atoms with E-state index in [0.29, 0.717) is 0 Å². The molecule has 0 aliphatic heterocycles. The van der Waals surface area contributed by atoms with Gasteiger partial charge in [-0.15, -0.1) is 0 Å². The van der Waals surface area contributed by atoms with Crippen molar-refractivity contribution < 1.29 is 4.74 Å². The summed E-state index contributed by atoms with van der Waals surface area (Å²) in [5, 5.41) is 1.30. The Balaban J connectivity index is 1.70. The van der Waals surface area contributed by atoms with E-state index in [-0.39, 0.29) is 0 Å². The summed E-state index contributed by atoms with van der Waals surface area (Å²) in [6.07, 6.45) is 5.36. The minimum absolute atomic E-state index is 0.733. The van der Waals surface area contributed by atoms with Crippen LogP contribution in [0.15, 0.2) is 72.8 Å². The molecule has 3 heteroatoms. The highest BCUT2D eigenvalue weighted by Crippen LogP contribution is 2.35. The van der Waals surface area contributed by atoms with Gasteiger partial charge in [-0.1, -0.05) is 49.7 Å². The van der Waals surface area contributed by atoms with Gasteiger partial charge in [-0.05, 0) is 90.9 Å². The highest BCUT2D eigenvalue weighted by Gasteiger charge is 2.14. The molecular weight excluding hydrogens is 380 g/mol. The number of nitrogens with one attached hydrogen (secondary N) is 1. The summed E-state index contributed by atoms with van der Waals surface area (Å²) in [6, 6.07) is 25.8. The van der Waals surface area contributed by atoms with Crippen molar-refractivity contribution in [3.05, 3.63) is 78.4 Å². The van der Waals surface area contributed by atoms with E-state index in [1.54, 1.807) is 0 Å². The third-order valence-corrected chi connectivity index (χ3v) is 5.80. The lowest BCUT2D eigenvalue weighted by Crippen LogP contribution is -1.99. The quantitative estimate of drug-likeness (QED) is 0.277. The maximum absolute atomic E-state index is 5.85. The van der Waals surface area contributed by atoms with Gasteiger partial charge in [-0.2, -0.15) is 0 Å². The molecule has 0 spiro atoms. The van der Waals surface area contributed by atoms with Gasteiger partial charge in [-0.25, -0.2) is 0 Å². The normalized spacial score (nSPS) is 11.2. The van der Waals surface area contributed by atoms with Crippen molar-refractivity contribution in [1.82, 2.24) is 4.98 Å². The number of unbranched alkanes of at least 4 members (excludes halogenated alkanes) is 2. The van der Waals surface area contributed by atoms with Crippen LogP contribution >= 0.6 is 0 Å². The molecule has 3 aromatic carbocycles. The predicted octanol–water partition coefficient (Wildman–Crippen LogP) is 6.96. The fourth-order valence-corrected chi connectivity index (χ4v) is 4.06. The topological polar surface area (TPSA) is 51.0 Å². The Morgan fingerprint density at radius 2 is 1.58 bits per heavy atom. The van der Waals surface area contributed by atoms with Crippen molar-refractivity contribution in [2.75, 3.05) is 13.2 Å². The van der Waals surface area contributed by atoms with Crippen LogP contribution in [0.3, 0.4) is 0 Å². The second-order valence-corrected chi connectivity index (χ2v) is 8.08. The van der Waals surface area contributed by atoms with Crippen molar-refractivity contribution in [2.45, 2.75) is 39.0 Å². The number of nitrogens with two attached hydrogens (primary N) is 1. The average Bonchev–Trinajstić information content (AvgIpc) is 3.18. The Labute approximate surface area is 185 Å². The Hall–Kier alpha value is -3.04. The largest absolute Gasteiger partial charge is 0.494 e. The third-order valence-electron chi connectivity index (χ3n) is 5.80. The highest BCUT2D eigenvalue weighted by atomic mass is 16.5. The van der Waals surface area contributed by atoms with Crippen LogP contribution in [0.5, 0.6) is 5.75 Å². The summed E-state index contributed by atoms with van der Waals surface area (Å²) >= 11 is 0. The van der Waals surface area contributed by atoms with E-state index in [1.165, 1.54) is 38.9 Å². The van der Waals surface area contributed by atoms with Crippen LogP contribution < -0.4 is 10.5 Å². The zero-order chi connectivity index (χ0) is 21.5. The van der Waals surface area contributed by atoms with Gasteiger partial charge in [0.15, 0.2) is 0 Å². The van der Waals surface area contributed by atoms with Gasteiger partial charge in [0.2, 0.25) is 0 Å². The number of aryl methyl sites for hydroxylation is 1. The number of aromatic nitrogens is 1. The summed E-state index contributed by atoms with van der Waals surface area (Å²) in [6.45, 7) is 3.68. The molecule has 0 radical (unpaired) electrons. The Morgan fingerprint density at radius 3 is 2.32 bits per heavy atom. The molecule has 4 rings (SSSR count). The molecule has 3 N–H and O–H groups in total. The van der Waals surface area contributed by atoms with Crippen molar-refractivity contribution in [3.8, 4) is 28.1 Å². The number of fused-ring (bicyclic) bond motifs is 1. The molecule has 0 saturated heterocycles. The average molecular weight is 413 g/mol. The van der Waals surface area contributed by atoms with E-state index < -0.39 is 0 Å². The fraction of sp³-hybridized carbons (Fsp3) is 0.286. The lowest BCUT2D eigenvalue weighted by Gasteiger charge is -2.08. The van der Waals surface area contributed by atoms with Crippen LogP contribution in [-0.2, 0) is 6.42 Å². The zero-order valence-corrected chi connectivity index (χ0v) is 18.4. The van der Waals surface area contributed by atoms with Gasteiger partial charge in [-0.3, -0.25) is 0 Å². The van der Waals surface area contributed by atoms with E-state index in [1.807, 2.05) is 0 Å². The molecule has 4 aromatic rings. The van der Waals surface area contributed by atoms with E-state index in [0.717, 1.165) is 51.0 Å². The summed E-state index contributed by atoms with van der Waals surface area (Å²) < 4.78 is 5.85. The first-order chi connectivity index (χ1) is 15.3. The van der Waals surface area contributed by atoms with Crippen molar-refractivity contribution in [1.29, 1.82) is 0 Å². The number of ether oxygens (including phenoxy) is 1. The predicted molar refractivity (Wildman–Crippen MR) is 132 cm³/mol. The van der Waals surface area contributed by atoms with Gasteiger partial charge in [0.05, 0.1) is 6.61 Å². The minimum atomic E-state index is 0.733. The van der Waals surface area contributed by atoms with Crippen molar-refractivity contribution in [2.24, 2.45) is 5.73 Å². The van der Waals surface area contributed by atoms with Crippen LogP contribution in [0, 0.1) is 0 Å². The molecule has 3 nitrogen and oxygen atoms in total. The molecular formula is C28H32N2O. The molecule has 0 unspecified atom stereocenters. The lowest BCUT2D eigenvalue weighted by atomic mass is 9.97. The smallest absolute Gasteiger partial charge is 0.119 e. The van der Waals surface area contributed by atoms with Crippen LogP contribution in [0.2, 0.25) is 0 Å². The monoisotopic (exact) mass is 412 g/mol. The van der Waals surface area contributed by atoms with Crippen LogP contribution in [0.25, 0.3) is 33.3 Å². The first kappa shape index (κ1) is 21.2. The molecule has 1 aromatic heterocycles. The Bertz CT molecular complexity index is 1100. The Kier molecular flexibility index (Phi) is 7.06. The van der Waals surface area contributed by atoms with Gasteiger partial charge >= 0.3 is 0 Å². The van der Waals surface area contributed by atoms with Crippen molar-refractivity contribution >= 4 is 10.9 Å². The second kappa shape index (κ2) is 10.3. The molecule has 0 fully saturated rings. The summed E-state index contributed by atoms with van der Waals surface area (Å²) in [5.41, 5.74) is 13.2. The molecule has 0 aliphatic rings. The maximum atomic E-state index is 5.85. The first-order valence-electron chi connectivity index (χ1n) is 11.4. The minimum Gasteiger partial charge on any atom is -0.494 e. The second-order valence-electron chi connectivity index (χ2n) is 8.08. The number of aromatic amines is 1. The standard InChI is InChI=1S/C28H32N2O/c1-2-3-19-31-24-15-12-22(13-16-24)28-25(11-7-8-18-29)26-20-23(14-17-27(26)30-28)21-9-5-4-6-10-21/h4-6,9-10,12-17,20,30H,2-3,7-8,11,18-19,29H2,1H3. The molecule has 0 saturated carbocycles. The van der Waals surface area contributed by atoms with Crippen molar-refractivity contribution in [3.63, 3.8) is 0 Å². The molecule has 0 atom stereocenters. The first-order valence-corrected chi connectivity index (χ1v) is 11.4. The fourth-order valence-electron chi connectivity index (χ4n) is 4.06. The molecule has 0 aliphatic carbocycles. The van der Waals surface area contributed by atoms with E-state index in [9.17, 15) is 0 Å². The number of hydrogen-bond acceptors (Lipinski definition) is 2. The molecule has 31 heavy (non-hydrogen) atoms. The summed E-state index contributed by atoms with van der Waals surface area (Å²) in [7, 11) is 0. The van der Waals surface area contributed by atoms with Crippen LogP contribution in [0.1, 0.15) is 38.2 Å². The highest BCUT2D eigenvalue weighted by molar-refractivity contribution is 5.93. The number of rotatable bonds is 10. The lowest BCUT2D eigenvalue weighted by molar-refractivity contribution is 0.309. The molecule has 0 bridgehead atoms. The molecule has 160 valence electrons. The van der Waals surface area contributed by atoms with Gasteiger partial charge in [0.1, 0.15) is 5.75 Å². The number of benzene rings is 3. The molecule has 0 amide bonds. The van der Waals surface area contributed by atoms with E-state index >= 15 is 0 Å². The Morgan fingerprint density at radius 1 is 0.806 bits per heavy atom. The van der Waals surface area contributed by atoms with E-state index in [4.69, 9.17) is 10.5 Å². The number of H-pyrrole nitrogens is 1. The van der Waals surface area contributed by atoms with Gasteiger partial charge in [0, 0.05) is 16.6 Å². The summed E-state index contributed by atoms with van der Waals surface area (Å²) in [4.78, 5) is 3.69. The SMILES string of the molecule is CCCCOc1ccc(-c2[nH]c3ccc(-c4ccccc4)cc3c2CCCCN)cc1. The van der Waals surface area contributed by atoms with Crippen LogP contribution in [-0.4, -0.2) is 18.1 Å². The third kappa shape index (κ3) is 5.00. The van der Waals surface area contributed by atoms with Gasteiger partial charge < -0.3 is 15.5 Å². The van der Waals surface area contributed by atoms with Gasteiger partial charge in [0.25, 0.3) is 0 Å². The maximum Gasteiger partial charge on any atom is 0.119 e. The zero-order valence-electron chi connectivity index (χ0n) is 18.4. The number of hydrogen-bond donors (Lipinski definition) is 2. The van der Waals surface area contributed by atoms with E-state index in [2.05, 4.69) is 84.7 Å².